The fourth-order valence-electron chi connectivity index (χ4n) is 2.52. The maximum atomic E-state index is 13.4. The van der Waals surface area contributed by atoms with Gasteiger partial charge in [-0.25, -0.2) is 10.6 Å². The van der Waals surface area contributed by atoms with Gasteiger partial charge in [-0.15, -0.1) is 0 Å². The number of hydrogen-bond donors (Lipinski definition) is 3. The van der Waals surface area contributed by atoms with Crippen LogP contribution in [0.1, 0.15) is 21.5 Å². The molecule has 0 fully saturated rings. The summed E-state index contributed by atoms with van der Waals surface area (Å²) in [5, 5.41) is 1.79. The summed E-state index contributed by atoms with van der Waals surface area (Å²) in [4.78, 5) is 36.9. The van der Waals surface area contributed by atoms with Crippen LogP contribution in [0.3, 0.4) is 0 Å². The van der Waals surface area contributed by atoms with E-state index in [0.717, 1.165) is 24.1 Å². The van der Waals surface area contributed by atoms with Crippen LogP contribution in [0.5, 0.6) is 5.75 Å². The molecule has 0 atom stereocenters. The third-order valence-electron chi connectivity index (χ3n) is 4.14. The van der Waals surface area contributed by atoms with Gasteiger partial charge in [0, 0.05) is 12.1 Å². The Morgan fingerprint density at radius 3 is 2.24 bits per heavy atom. The smallest absolute Gasteiger partial charge is 0.409 e. The van der Waals surface area contributed by atoms with Crippen LogP contribution < -0.4 is 21.3 Å². The van der Waals surface area contributed by atoms with Gasteiger partial charge >= 0.3 is 18.4 Å². The number of halogens is 7. The number of nitrogens with one attached hydrogen (secondary N) is 2. The minimum atomic E-state index is -5.24. The monoisotopic (exact) mass is 512 g/mol. The molecule has 0 unspecified atom stereocenters. The molecule has 0 saturated carbocycles. The van der Waals surface area contributed by atoms with Gasteiger partial charge in [-0.1, -0.05) is 11.6 Å². The molecule has 0 bridgehead atoms. The highest BCUT2D eigenvalue weighted by atomic mass is 35.5. The normalized spacial score (nSPS) is 11.6. The van der Waals surface area contributed by atoms with Crippen LogP contribution in [0, 0.1) is 0 Å². The first-order chi connectivity index (χ1) is 15.6. The number of ether oxygens (including phenoxy) is 1. The number of nitrogens with zero attached hydrogens (tertiary/aromatic N) is 1. The summed E-state index contributed by atoms with van der Waals surface area (Å²) in [7, 11) is 1.16. The average Bonchev–Trinajstić information content (AvgIpc) is 2.73. The maximum Gasteiger partial charge on any atom is 0.418 e. The van der Waals surface area contributed by atoms with E-state index < -0.39 is 64.9 Å². The van der Waals surface area contributed by atoms with Gasteiger partial charge in [0.05, 0.1) is 22.4 Å². The molecule has 184 valence electrons. The molecule has 0 aromatic heterocycles. The van der Waals surface area contributed by atoms with Crippen LogP contribution in [0.25, 0.3) is 0 Å². The lowest BCUT2D eigenvalue weighted by molar-refractivity contribution is -0.142. The van der Waals surface area contributed by atoms with E-state index in [1.807, 2.05) is 5.32 Å². The fourth-order valence-corrected chi connectivity index (χ4v) is 2.69. The summed E-state index contributed by atoms with van der Waals surface area (Å²) in [6.45, 7) is -0.523. The summed E-state index contributed by atoms with van der Waals surface area (Å²) in [6, 6.07) is 3.88. The molecule has 0 saturated heterocycles. The number of rotatable bonds is 5. The van der Waals surface area contributed by atoms with Crippen molar-refractivity contribution >= 4 is 35.2 Å². The first kappa shape index (κ1) is 26.7. The van der Waals surface area contributed by atoms with Gasteiger partial charge in [0.25, 0.3) is 11.8 Å². The van der Waals surface area contributed by atoms with E-state index in [4.69, 9.17) is 22.2 Å². The highest BCUT2D eigenvalue weighted by Gasteiger charge is 2.38. The predicted molar refractivity (Wildman–Crippen MR) is 107 cm³/mol. The van der Waals surface area contributed by atoms with Crippen molar-refractivity contribution in [3.05, 3.63) is 58.1 Å². The number of benzene rings is 2. The largest absolute Gasteiger partial charge is 0.418 e. The Balaban J connectivity index is 2.38. The van der Waals surface area contributed by atoms with Gasteiger partial charge < -0.3 is 15.0 Å². The van der Waals surface area contributed by atoms with Gasteiger partial charge in [-0.05, 0) is 36.4 Å². The zero-order chi connectivity index (χ0) is 25.8. The molecule has 8 nitrogen and oxygen atoms in total. The van der Waals surface area contributed by atoms with E-state index in [-0.39, 0.29) is 11.1 Å². The SMILES string of the molecule is CN(CC(=O)NN)C(=O)Oc1ccc(Cl)cc1C(=O)Nc1ccc(C(F)(F)F)cc1C(F)(F)F. The molecule has 2 rings (SSSR count). The predicted octanol–water partition coefficient (Wildman–Crippen LogP) is 4.05. The highest BCUT2D eigenvalue weighted by Crippen LogP contribution is 2.39. The van der Waals surface area contributed by atoms with Crippen LogP contribution in [0.15, 0.2) is 36.4 Å². The van der Waals surface area contributed by atoms with E-state index >= 15 is 0 Å². The average molecular weight is 513 g/mol. The van der Waals surface area contributed by atoms with Gasteiger partial charge in [0.1, 0.15) is 12.3 Å². The molecule has 0 radical (unpaired) electrons. The molecular formula is C19H15ClF6N4O4. The second kappa shape index (κ2) is 10.2. The first-order valence-corrected chi connectivity index (χ1v) is 9.33. The summed E-state index contributed by atoms with van der Waals surface area (Å²) in [5.74, 6) is 2.44. The Kier molecular flexibility index (Phi) is 8.00. The second-order valence-corrected chi connectivity index (χ2v) is 7.08. The molecule has 0 aliphatic rings. The number of hydrogen-bond acceptors (Lipinski definition) is 5. The minimum absolute atomic E-state index is 0.0655. The third-order valence-corrected chi connectivity index (χ3v) is 4.37. The van der Waals surface area contributed by atoms with Gasteiger partial charge in [-0.3, -0.25) is 15.0 Å². The Labute approximate surface area is 192 Å². The minimum Gasteiger partial charge on any atom is -0.409 e. The Morgan fingerprint density at radius 2 is 1.68 bits per heavy atom. The molecule has 2 aromatic carbocycles. The van der Waals surface area contributed by atoms with Gasteiger partial charge in [-0.2, -0.15) is 26.3 Å². The van der Waals surface area contributed by atoms with E-state index in [2.05, 4.69) is 0 Å². The zero-order valence-corrected chi connectivity index (χ0v) is 17.7. The molecular weight excluding hydrogens is 498 g/mol. The zero-order valence-electron chi connectivity index (χ0n) is 17.0. The number of amides is 3. The van der Waals surface area contributed by atoms with Crippen molar-refractivity contribution in [2.24, 2.45) is 5.84 Å². The molecule has 2 aromatic rings. The molecule has 0 aliphatic heterocycles. The molecule has 4 N–H and O–H groups in total. The summed E-state index contributed by atoms with van der Waals surface area (Å²) < 4.78 is 83.6. The summed E-state index contributed by atoms with van der Waals surface area (Å²) in [5.41, 5.74) is -3.02. The number of hydrazine groups is 1. The molecule has 15 heteroatoms. The van der Waals surface area contributed by atoms with Crippen molar-refractivity contribution in [3.63, 3.8) is 0 Å². The number of carbonyl (C=O) groups excluding carboxylic acids is 3. The number of likely N-dealkylation sites (N-methyl/N-ethyl adjacent to an activating group) is 1. The van der Waals surface area contributed by atoms with Crippen molar-refractivity contribution in [1.29, 1.82) is 0 Å². The highest BCUT2D eigenvalue weighted by molar-refractivity contribution is 6.31. The van der Waals surface area contributed by atoms with Crippen molar-refractivity contribution in [2.45, 2.75) is 12.4 Å². The Bertz CT molecular complexity index is 1110. The molecule has 3 amide bonds. The van der Waals surface area contributed by atoms with E-state index in [9.17, 15) is 40.7 Å². The van der Waals surface area contributed by atoms with Crippen LogP contribution >= 0.6 is 11.6 Å². The third kappa shape index (κ3) is 6.74. The fraction of sp³-hybridized carbons (Fsp3) is 0.211. The van der Waals surface area contributed by atoms with E-state index in [1.54, 1.807) is 5.43 Å². The van der Waals surface area contributed by atoms with E-state index in [1.165, 1.54) is 6.07 Å². The Hall–Kier alpha value is -3.52. The molecule has 0 spiro atoms. The molecule has 0 aliphatic carbocycles. The topological polar surface area (TPSA) is 114 Å². The van der Waals surface area contributed by atoms with Crippen LogP contribution in [-0.2, 0) is 17.1 Å². The van der Waals surface area contributed by atoms with E-state index in [0.29, 0.717) is 12.1 Å². The quantitative estimate of drug-likeness (QED) is 0.242. The van der Waals surface area contributed by atoms with Crippen molar-refractivity contribution in [3.8, 4) is 5.75 Å². The standard InChI is InChI=1S/C19H15ClF6N4O4/c1-30(8-15(31)29-27)17(33)34-14-5-3-10(20)7-11(14)16(32)28-13-4-2-9(18(21,22)23)6-12(13)19(24,25)26/h2-7H,8,27H2,1H3,(H,28,32)(H,29,31). The van der Waals surface area contributed by atoms with Gasteiger partial charge in [0.15, 0.2) is 0 Å². The van der Waals surface area contributed by atoms with Gasteiger partial charge in [0.2, 0.25) is 0 Å². The number of anilines is 1. The number of alkyl halides is 6. The molecule has 0 heterocycles. The van der Waals surface area contributed by atoms with Crippen LogP contribution in [0.4, 0.5) is 36.8 Å². The summed E-state index contributed by atoms with van der Waals surface area (Å²) >= 11 is 5.82. The lowest BCUT2D eigenvalue weighted by atomic mass is 10.1. The number of carbonyl (C=O) groups is 3. The first-order valence-electron chi connectivity index (χ1n) is 8.95. The van der Waals surface area contributed by atoms with Crippen LogP contribution in [-0.4, -0.2) is 36.4 Å². The Morgan fingerprint density at radius 1 is 1.03 bits per heavy atom. The second-order valence-electron chi connectivity index (χ2n) is 6.64. The van der Waals surface area contributed by atoms with Crippen molar-refractivity contribution in [2.75, 3.05) is 18.9 Å². The molecule has 34 heavy (non-hydrogen) atoms. The maximum absolute atomic E-state index is 13.4. The van der Waals surface area contributed by atoms with Crippen molar-refractivity contribution in [1.82, 2.24) is 10.3 Å². The number of nitrogens with two attached hydrogens (primary N) is 1. The summed E-state index contributed by atoms with van der Waals surface area (Å²) in [6.07, 6.45) is -11.4. The van der Waals surface area contributed by atoms with Crippen molar-refractivity contribution < 1.29 is 45.5 Å². The lowest BCUT2D eigenvalue weighted by Crippen LogP contribution is -2.42. The lowest BCUT2D eigenvalue weighted by Gasteiger charge is -2.18. The van der Waals surface area contributed by atoms with Crippen LogP contribution in [0.2, 0.25) is 5.02 Å².